The molecule has 0 unspecified atom stereocenters. The lowest BCUT2D eigenvalue weighted by Crippen LogP contribution is -2.17. The first-order valence-electron chi connectivity index (χ1n) is 5.96. The van der Waals surface area contributed by atoms with Gasteiger partial charge in [-0.05, 0) is 19.9 Å². The molecule has 3 N–H and O–H groups in total. The molecule has 1 atom stereocenters. The first kappa shape index (κ1) is 14.3. The van der Waals surface area contributed by atoms with Gasteiger partial charge in [0, 0.05) is 11.6 Å². The van der Waals surface area contributed by atoms with Crippen LogP contribution in [0.1, 0.15) is 31.9 Å². The van der Waals surface area contributed by atoms with Crippen LogP contribution < -0.4 is 10.5 Å². The maximum Gasteiger partial charge on any atom is 0.307 e. The van der Waals surface area contributed by atoms with E-state index in [1.54, 1.807) is 25.1 Å². The van der Waals surface area contributed by atoms with Crippen molar-refractivity contribution in [2.24, 2.45) is 5.73 Å². The van der Waals surface area contributed by atoms with Gasteiger partial charge < -0.3 is 20.3 Å². The van der Waals surface area contributed by atoms with Crippen LogP contribution in [0.3, 0.4) is 0 Å². The smallest absolute Gasteiger partial charge is 0.307 e. The second-order valence-electron chi connectivity index (χ2n) is 3.74. The van der Waals surface area contributed by atoms with E-state index in [2.05, 4.69) is 0 Å². The van der Waals surface area contributed by atoms with E-state index in [0.29, 0.717) is 24.5 Å². The molecule has 5 heteroatoms. The van der Waals surface area contributed by atoms with Crippen molar-refractivity contribution in [3.63, 3.8) is 0 Å². The van der Waals surface area contributed by atoms with Crippen LogP contribution in [0, 0.1) is 0 Å². The number of para-hydroxylation sites is 1. The topological polar surface area (TPSA) is 81.8 Å². The Balaban J connectivity index is 2.82. The highest BCUT2D eigenvalue weighted by atomic mass is 16.5. The van der Waals surface area contributed by atoms with Gasteiger partial charge in [0.05, 0.1) is 19.6 Å². The van der Waals surface area contributed by atoms with Crippen LogP contribution in [0.15, 0.2) is 18.2 Å². The lowest BCUT2D eigenvalue weighted by atomic mass is 10.0. The molecule has 0 amide bonds. The quantitative estimate of drug-likeness (QED) is 0.755. The third kappa shape index (κ3) is 3.63. The summed E-state index contributed by atoms with van der Waals surface area (Å²) in [4.78, 5) is 11.3. The van der Waals surface area contributed by atoms with E-state index in [1.165, 1.54) is 0 Å². The summed E-state index contributed by atoms with van der Waals surface area (Å²) in [6.45, 7) is 4.32. The Kier molecular flexibility index (Phi) is 5.45. The highest BCUT2D eigenvalue weighted by Gasteiger charge is 2.18. The number of hydrogen-bond donors (Lipinski definition) is 2. The predicted octanol–water partition coefficient (Wildman–Crippen LogP) is 1.74. The molecule has 0 aliphatic heterocycles. The van der Waals surface area contributed by atoms with E-state index >= 15 is 0 Å². The molecule has 0 bridgehead atoms. The SMILES string of the molecule is CCOC(=O)C[C@@H](N)c1cccc(OCC)c1O. The Morgan fingerprint density at radius 1 is 1.39 bits per heavy atom. The van der Waals surface area contributed by atoms with Gasteiger partial charge in [0.2, 0.25) is 0 Å². The van der Waals surface area contributed by atoms with Crippen molar-refractivity contribution in [1.82, 2.24) is 0 Å². The van der Waals surface area contributed by atoms with E-state index in [9.17, 15) is 9.90 Å². The molecule has 0 aromatic heterocycles. The summed E-state index contributed by atoms with van der Waals surface area (Å²) in [6.07, 6.45) is 0.0248. The van der Waals surface area contributed by atoms with Crippen LogP contribution in [-0.2, 0) is 9.53 Å². The van der Waals surface area contributed by atoms with Crippen molar-refractivity contribution in [3.8, 4) is 11.5 Å². The number of hydrogen-bond acceptors (Lipinski definition) is 5. The number of carbonyl (C=O) groups excluding carboxylic acids is 1. The van der Waals surface area contributed by atoms with Crippen LogP contribution in [0.2, 0.25) is 0 Å². The predicted molar refractivity (Wildman–Crippen MR) is 67.5 cm³/mol. The number of ether oxygens (including phenoxy) is 2. The summed E-state index contributed by atoms with van der Waals surface area (Å²) in [5.74, 6) is -0.0309. The first-order valence-corrected chi connectivity index (χ1v) is 5.96. The molecule has 0 saturated carbocycles. The zero-order valence-electron chi connectivity index (χ0n) is 10.7. The Morgan fingerprint density at radius 2 is 2.11 bits per heavy atom. The van der Waals surface area contributed by atoms with Crippen molar-refractivity contribution in [3.05, 3.63) is 23.8 Å². The maximum absolute atomic E-state index is 11.3. The molecular weight excluding hydrogens is 234 g/mol. The molecule has 0 aliphatic carbocycles. The van der Waals surface area contributed by atoms with Gasteiger partial charge in [-0.25, -0.2) is 0 Å². The fraction of sp³-hybridized carbons (Fsp3) is 0.462. The number of carbonyl (C=O) groups is 1. The summed E-state index contributed by atoms with van der Waals surface area (Å²) in [6, 6.07) is 4.44. The van der Waals surface area contributed by atoms with Crippen LogP contribution in [0.5, 0.6) is 11.5 Å². The highest BCUT2D eigenvalue weighted by molar-refractivity contribution is 5.70. The monoisotopic (exact) mass is 253 g/mol. The summed E-state index contributed by atoms with van der Waals surface area (Å²) < 4.78 is 10.1. The van der Waals surface area contributed by atoms with Crippen LogP contribution >= 0.6 is 0 Å². The number of phenolic OH excluding ortho intramolecular Hbond substituents is 1. The van der Waals surface area contributed by atoms with E-state index in [0.717, 1.165) is 0 Å². The maximum atomic E-state index is 11.3. The van der Waals surface area contributed by atoms with E-state index in [1.807, 2.05) is 6.92 Å². The lowest BCUT2D eigenvalue weighted by Gasteiger charge is -2.15. The number of benzene rings is 1. The Hall–Kier alpha value is -1.75. The minimum Gasteiger partial charge on any atom is -0.504 e. The first-order chi connectivity index (χ1) is 8.60. The number of phenols is 1. The van der Waals surface area contributed by atoms with Gasteiger partial charge in [0.25, 0.3) is 0 Å². The number of esters is 1. The van der Waals surface area contributed by atoms with E-state index in [4.69, 9.17) is 15.2 Å². The van der Waals surface area contributed by atoms with Crippen molar-refractivity contribution in [1.29, 1.82) is 0 Å². The summed E-state index contributed by atoms with van der Waals surface area (Å²) in [5, 5.41) is 9.98. The fourth-order valence-electron chi connectivity index (χ4n) is 1.62. The molecule has 0 fully saturated rings. The van der Waals surface area contributed by atoms with Gasteiger partial charge in [-0.2, -0.15) is 0 Å². The molecule has 1 aromatic carbocycles. The van der Waals surface area contributed by atoms with Gasteiger partial charge in [0.15, 0.2) is 11.5 Å². The molecule has 18 heavy (non-hydrogen) atoms. The zero-order valence-corrected chi connectivity index (χ0v) is 10.7. The van der Waals surface area contributed by atoms with Gasteiger partial charge in [-0.15, -0.1) is 0 Å². The Labute approximate surface area is 107 Å². The third-order valence-electron chi connectivity index (χ3n) is 2.42. The molecule has 5 nitrogen and oxygen atoms in total. The van der Waals surface area contributed by atoms with Gasteiger partial charge in [-0.3, -0.25) is 4.79 Å². The molecule has 0 radical (unpaired) electrons. The van der Waals surface area contributed by atoms with E-state index < -0.39 is 6.04 Å². The Bertz CT molecular complexity index is 406. The largest absolute Gasteiger partial charge is 0.504 e. The molecule has 0 saturated heterocycles. The molecular formula is C13H19NO4. The number of nitrogens with two attached hydrogens (primary N) is 1. The molecule has 0 spiro atoms. The van der Waals surface area contributed by atoms with E-state index in [-0.39, 0.29) is 18.1 Å². The second-order valence-corrected chi connectivity index (χ2v) is 3.74. The fourth-order valence-corrected chi connectivity index (χ4v) is 1.62. The molecule has 0 heterocycles. The summed E-state index contributed by atoms with van der Waals surface area (Å²) >= 11 is 0. The normalized spacial score (nSPS) is 11.9. The summed E-state index contributed by atoms with van der Waals surface area (Å²) in [7, 11) is 0. The zero-order chi connectivity index (χ0) is 13.5. The van der Waals surface area contributed by atoms with Crippen LogP contribution in [-0.4, -0.2) is 24.3 Å². The molecule has 100 valence electrons. The Morgan fingerprint density at radius 3 is 2.72 bits per heavy atom. The minimum atomic E-state index is -0.607. The van der Waals surface area contributed by atoms with Crippen molar-refractivity contribution in [2.75, 3.05) is 13.2 Å². The van der Waals surface area contributed by atoms with Crippen molar-refractivity contribution >= 4 is 5.97 Å². The number of rotatable bonds is 6. The highest BCUT2D eigenvalue weighted by Crippen LogP contribution is 2.33. The van der Waals surface area contributed by atoms with Crippen molar-refractivity contribution < 1.29 is 19.4 Å². The molecule has 0 aliphatic rings. The van der Waals surface area contributed by atoms with Crippen LogP contribution in [0.4, 0.5) is 0 Å². The standard InChI is InChI=1S/C13H19NO4/c1-3-17-11-7-5-6-9(13(11)16)10(14)8-12(15)18-4-2/h5-7,10,16H,3-4,8,14H2,1-2H3/t10-/m1/s1. The number of aromatic hydroxyl groups is 1. The van der Waals surface area contributed by atoms with Gasteiger partial charge in [-0.1, -0.05) is 12.1 Å². The molecule has 1 rings (SSSR count). The van der Waals surface area contributed by atoms with Crippen molar-refractivity contribution in [2.45, 2.75) is 26.3 Å². The lowest BCUT2D eigenvalue weighted by molar-refractivity contribution is -0.143. The average Bonchev–Trinajstić information content (AvgIpc) is 2.32. The van der Waals surface area contributed by atoms with Gasteiger partial charge in [0.1, 0.15) is 0 Å². The minimum absolute atomic E-state index is 0.0175. The summed E-state index contributed by atoms with van der Waals surface area (Å²) in [5.41, 5.74) is 6.36. The third-order valence-corrected chi connectivity index (χ3v) is 2.42. The second kappa shape index (κ2) is 6.86. The molecule has 1 aromatic rings. The average molecular weight is 253 g/mol. The van der Waals surface area contributed by atoms with Gasteiger partial charge >= 0.3 is 5.97 Å². The van der Waals surface area contributed by atoms with Crippen LogP contribution in [0.25, 0.3) is 0 Å².